The van der Waals surface area contributed by atoms with Gasteiger partial charge in [-0.1, -0.05) is 0 Å². The van der Waals surface area contributed by atoms with Crippen LogP contribution in [0.1, 0.15) is 42.1 Å². The summed E-state index contributed by atoms with van der Waals surface area (Å²) in [6, 6.07) is 5.59. The highest BCUT2D eigenvalue weighted by molar-refractivity contribution is 5.94. The number of nitrogens with one attached hydrogen (secondary N) is 1. The number of ether oxygens (including phenoxy) is 1. The summed E-state index contributed by atoms with van der Waals surface area (Å²) in [7, 11) is 0. The number of rotatable bonds is 7. The molecule has 1 fully saturated rings. The molecule has 4 heteroatoms. The monoisotopic (exact) mass is 290 g/mol. The SMILES string of the molecule is CCOc1ccc(C(=O)NCCCN2CCCC2)cc1C. The summed E-state index contributed by atoms with van der Waals surface area (Å²) in [4.78, 5) is 14.6. The van der Waals surface area contributed by atoms with Crippen molar-refractivity contribution >= 4 is 5.91 Å². The first kappa shape index (κ1) is 15.8. The van der Waals surface area contributed by atoms with E-state index in [0.717, 1.165) is 30.8 Å². The van der Waals surface area contributed by atoms with E-state index in [2.05, 4.69) is 10.2 Å². The molecule has 1 amide bonds. The van der Waals surface area contributed by atoms with E-state index in [0.29, 0.717) is 12.2 Å². The largest absolute Gasteiger partial charge is 0.494 e. The maximum Gasteiger partial charge on any atom is 0.251 e. The quantitative estimate of drug-likeness (QED) is 0.785. The smallest absolute Gasteiger partial charge is 0.251 e. The van der Waals surface area contributed by atoms with Gasteiger partial charge >= 0.3 is 0 Å². The zero-order valence-corrected chi connectivity index (χ0v) is 13.2. The minimum Gasteiger partial charge on any atom is -0.494 e. The molecule has 0 spiro atoms. The molecule has 1 aliphatic heterocycles. The normalized spacial score (nSPS) is 15.1. The van der Waals surface area contributed by atoms with Crippen molar-refractivity contribution in [3.05, 3.63) is 29.3 Å². The van der Waals surface area contributed by atoms with E-state index in [1.807, 2.05) is 32.0 Å². The van der Waals surface area contributed by atoms with E-state index in [1.165, 1.54) is 25.9 Å². The number of carbonyl (C=O) groups is 1. The molecule has 1 aliphatic rings. The average molecular weight is 290 g/mol. The number of nitrogens with zero attached hydrogens (tertiary/aromatic N) is 1. The number of benzene rings is 1. The van der Waals surface area contributed by atoms with Gasteiger partial charge in [-0.05, 0) is 76.5 Å². The molecule has 0 saturated carbocycles. The lowest BCUT2D eigenvalue weighted by atomic mass is 10.1. The topological polar surface area (TPSA) is 41.6 Å². The molecule has 116 valence electrons. The van der Waals surface area contributed by atoms with Crippen LogP contribution >= 0.6 is 0 Å². The summed E-state index contributed by atoms with van der Waals surface area (Å²) in [6.07, 6.45) is 3.65. The third kappa shape index (κ3) is 4.74. The number of carbonyl (C=O) groups excluding carboxylic acids is 1. The summed E-state index contributed by atoms with van der Waals surface area (Å²) < 4.78 is 5.49. The molecule has 0 unspecified atom stereocenters. The lowest BCUT2D eigenvalue weighted by Gasteiger charge is -2.14. The average Bonchev–Trinajstić information content (AvgIpc) is 2.99. The van der Waals surface area contributed by atoms with Crippen LogP contribution in [0.2, 0.25) is 0 Å². The second kappa shape index (κ2) is 8.03. The molecule has 0 atom stereocenters. The van der Waals surface area contributed by atoms with E-state index in [1.54, 1.807) is 0 Å². The minimum atomic E-state index is 0.00238. The van der Waals surface area contributed by atoms with Gasteiger partial charge in [-0.3, -0.25) is 4.79 Å². The van der Waals surface area contributed by atoms with Crippen LogP contribution in [0, 0.1) is 6.92 Å². The number of aryl methyl sites for hydroxylation is 1. The van der Waals surface area contributed by atoms with Gasteiger partial charge in [-0.15, -0.1) is 0 Å². The van der Waals surface area contributed by atoms with Crippen molar-refractivity contribution in [2.24, 2.45) is 0 Å². The van der Waals surface area contributed by atoms with Gasteiger partial charge in [-0.25, -0.2) is 0 Å². The molecule has 1 aromatic rings. The Bertz CT molecular complexity index is 468. The van der Waals surface area contributed by atoms with Gasteiger partial charge in [0, 0.05) is 12.1 Å². The first-order valence-corrected chi connectivity index (χ1v) is 7.94. The summed E-state index contributed by atoms with van der Waals surface area (Å²) in [5.74, 6) is 0.852. The number of likely N-dealkylation sites (tertiary alicyclic amines) is 1. The van der Waals surface area contributed by atoms with Crippen molar-refractivity contribution < 1.29 is 9.53 Å². The Hall–Kier alpha value is -1.55. The Morgan fingerprint density at radius 1 is 1.33 bits per heavy atom. The number of amides is 1. The van der Waals surface area contributed by atoms with E-state index >= 15 is 0 Å². The Kier molecular flexibility index (Phi) is 6.05. The van der Waals surface area contributed by atoms with Crippen LogP contribution in [0.15, 0.2) is 18.2 Å². The molecule has 21 heavy (non-hydrogen) atoms. The predicted molar refractivity (Wildman–Crippen MR) is 85.0 cm³/mol. The van der Waals surface area contributed by atoms with Gasteiger partial charge in [0.25, 0.3) is 5.91 Å². The summed E-state index contributed by atoms with van der Waals surface area (Å²) in [5, 5.41) is 3.00. The standard InChI is InChI=1S/C17H26N2O2/c1-3-21-16-8-7-15(13-14(16)2)17(20)18-9-6-12-19-10-4-5-11-19/h7-8,13H,3-6,9-12H2,1-2H3,(H,18,20). The van der Waals surface area contributed by atoms with Crippen LogP contribution in [0.5, 0.6) is 5.75 Å². The Labute approximate surface area is 127 Å². The van der Waals surface area contributed by atoms with Gasteiger partial charge in [0.05, 0.1) is 6.61 Å². The lowest BCUT2D eigenvalue weighted by Crippen LogP contribution is -2.28. The zero-order valence-electron chi connectivity index (χ0n) is 13.2. The highest BCUT2D eigenvalue weighted by Crippen LogP contribution is 2.19. The fourth-order valence-electron chi connectivity index (χ4n) is 2.72. The maximum atomic E-state index is 12.1. The molecule has 2 rings (SSSR count). The van der Waals surface area contributed by atoms with Crippen LogP contribution in [-0.2, 0) is 0 Å². The van der Waals surface area contributed by atoms with Crippen molar-refractivity contribution in [2.45, 2.75) is 33.1 Å². The van der Waals surface area contributed by atoms with Crippen molar-refractivity contribution in [3.8, 4) is 5.75 Å². The Morgan fingerprint density at radius 3 is 2.76 bits per heavy atom. The molecular weight excluding hydrogens is 264 g/mol. The van der Waals surface area contributed by atoms with E-state index < -0.39 is 0 Å². The number of hydrogen-bond acceptors (Lipinski definition) is 3. The molecule has 0 aromatic heterocycles. The molecular formula is C17H26N2O2. The highest BCUT2D eigenvalue weighted by Gasteiger charge is 2.11. The van der Waals surface area contributed by atoms with Gasteiger partial charge < -0.3 is 15.0 Å². The minimum absolute atomic E-state index is 0.00238. The van der Waals surface area contributed by atoms with Crippen LogP contribution in [-0.4, -0.2) is 43.6 Å². The van der Waals surface area contributed by atoms with Crippen molar-refractivity contribution in [1.29, 1.82) is 0 Å². The molecule has 1 saturated heterocycles. The third-order valence-corrected chi connectivity index (χ3v) is 3.87. The molecule has 0 radical (unpaired) electrons. The van der Waals surface area contributed by atoms with Crippen LogP contribution in [0.25, 0.3) is 0 Å². The Morgan fingerprint density at radius 2 is 2.10 bits per heavy atom. The second-order valence-corrected chi connectivity index (χ2v) is 5.57. The predicted octanol–water partition coefficient (Wildman–Crippen LogP) is 2.61. The molecule has 4 nitrogen and oxygen atoms in total. The van der Waals surface area contributed by atoms with Crippen LogP contribution in [0.3, 0.4) is 0 Å². The van der Waals surface area contributed by atoms with Crippen molar-refractivity contribution in [3.63, 3.8) is 0 Å². The summed E-state index contributed by atoms with van der Waals surface area (Å²) in [5.41, 5.74) is 1.71. The van der Waals surface area contributed by atoms with Crippen LogP contribution in [0.4, 0.5) is 0 Å². The van der Waals surface area contributed by atoms with Gasteiger partial charge in [0.2, 0.25) is 0 Å². The molecule has 0 aliphatic carbocycles. The molecule has 1 N–H and O–H groups in total. The molecule has 0 bridgehead atoms. The Balaban J connectivity index is 1.75. The van der Waals surface area contributed by atoms with Crippen molar-refractivity contribution in [1.82, 2.24) is 10.2 Å². The maximum absolute atomic E-state index is 12.1. The van der Waals surface area contributed by atoms with E-state index in [9.17, 15) is 4.79 Å². The fourth-order valence-corrected chi connectivity index (χ4v) is 2.72. The second-order valence-electron chi connectivity index (χ2n) is 5.57. The first-order valence-electron chi connectivity index (χ1n) is 7.94. The highest BCUT2D eigenvalue weighted by atomic mass is 16.5. The molecule has 1 aromatic carbocycles. The number of hydrogen-bond donors (Lipinski definition) is 1. The van der Waals surface area contributed by atoms with Crippen molar-refractivity contribution in [2.75, 3.05) is 32.8 Å². The first-order chi connectivity index (χ1) is 10.2. The van der Waals surface area contributed by atoms with Gasteiger partial charge in [0.1, 0.15) is 5.75 Å². The summed E-state index contributed by atoms with van der Waals surface area (Å²) >= 11 is 0. The van der Waals surface area contributed by atoms with Gasteiger partial charge in [-0.2, -0.15) is 0 Å². The fraction of sp³-hybridized carbons (Fsp3) is 0.588. The third-order valence-electron chi connectivity index (χ3n) is 3.87. The lowest BCUT2D eigenvalue weighted by molar-refractivity contribution is 0.0952. The molecule has 1 heterocycles. The van der Waals surface area contributed by atoms with E-state index in [-0.39, 0.29) is 5.91 Å². The van der Waals surface area contributed by atoms with E-state index in [4.69, 9.17) is 4.74 Å². The zero-order chi connectivity index (χ0) is 15.1. The van der Waals surface area contributed by atoms with Crippen LogP contribution < -0.4 is 10.1 Å². The summed E-state index contributed by atoms with van der Waals surface area (Å²) in [6.45, 7) is 8.82. The van der Waals surface area contributed by atoms with Gasteiger partial charge in [0.15, 0.2) is 0 Å².